The fourth-order valence-electron chi connectivity index (χ4n) is 1.48. The molecule has 0 bridgehead atoms. The number of aryl methyl sites for hydroxylation is 1. The second-order valence-electron chi connectivity index (χ2n) is 3.69. The Morgan fingerprint density at radius 2 is 2.29 bits per heavy atom. The summed E-state index contributed by atoms with van der Waals surface area (Å²) in [5.41, 5.74) is 4.21. The first-order valence-electron chi connectivity index (χ1n) is 4.50. The van der Waals surface area contributed by atoms with E-state index in [9.17, 15) is 4.39 Å². The van der Waals surface area contributed by atoms with Gasteiger partial charge in [-0.15, -0.1) is 0 Å². The van der Waals surface area contributed by atoms with Gasteiger partial charge in [-0.05, 0) is 5.92 Å². The van der Waals surface area contributed by atoms with Crippen molar-refractivity contribution in [1.29, 1.82) is 0 Å². The van der Waals surface area contributed by atoms with Crippen molar-refractivity contribution in [3.05, 3.63) is 16.9 Å². The zero-order valence-electron chi connectivity index (χ0n) is 8.59. The second kappa shape index (κ2) is 3.87. The summed E-state index contributed by atoms with van der Waals surface area (Å²) in [4.78, 5) is 0. The molecule has 0 fully saturated rings. The quantitative estimate of drug-likeness (QED) is 0.843. The van der Waals surface area contributed by atoms with Crippen molar-refractivity contribution >= 4 is 11.6 Å². The monoisotopic (exact) mass is 219 g/mol. The van der Waals surface area contributed by atoms with Gasteiger partial charge in [-0.1, -0.05) is 25.4 Å². The summed E-state index contributed by atoms with van der Waals surface area (Å²) in [6.45, 7) is 3.45. The molecule has 1 aromatic heterocycles. The Hall–Kier alpha value is -0.610. The smallest absolute Gasteiger partial charge is 0.168 e. The van der Waals surface area contributed by atoms with E-state index in [-0.39, 0.29) is 12.5 Å². The van der Waals surface area contributed by atoms with E-state index in [1.54, 1.807) is 20.9 Å². The van der Waals surface area contributed by atoms with Crippen LogP contribution in [0.1, 0.15) is 19.5 Å². The van der Waals surface area contributed by atoms with Gasteiger partial charge >= 0.3 is 0 Å². The highest BCUT2D eigenvalue weighted by molar-refractivity contribution is 6.31. The number of halogens is 2. The molecule has 0 saturated heterocycles. The van der Waals surface area contributed by atoms with Gasteiger partial charge in [0.25, 0.3) is 0 Å². The summed E-state index contributed by atoms with van der Waals surface area (Å²) in [5.74, 6) is -0.236. The second-order valence-corrected chi connectivity index (χ2v) is 4.09. The zero-order chi connectivity index (χ0) is 10.9. The van der Waals surface area contributed by atoms with Crippen molar-refractivity contribution in [2.75, 3.05) is 6.54 Å². The number of aromatic nitrogens is 2. The van der Waals surface area contributed by atoms with Gasteiger partial charge in [0.2, 0.25) is 0 Å². The average Bonchev–Trinajstić information content (AvgIpc) is 2.45. The molecule has 1 unspecified atom stereocenters. The predicted octanol–water partition coefficient (Wildman–Crippen LogP) is 1.85. The Bertz CT molecular complexity index is 304. The lowest BCUT2D eigenvalue weighted by Crippen LogP contribution is -2.37. The zero-order valence-corrected chi connectivity index (χ0v) is 9.35. The predicted molar refractivity (Wildman–Crippen MR) is 54.9 cm³/mol. The first-order chi connectivity index (χ1) is 6.43. The average molecular weight is 220 g/mol. The molecule has 14 heavy (non-hydrogen) atoms. The van der Waals surface area contributed by atoms with Crippen LogP contribution in [0.4, 0.5) is 4.39 Å². The Morgan fingerprint density at radius 3 is 2.57 bits per heavy atom. The van der Waals surface area contributed by atoms with Crippen molar-refractivity contribution in [3.8, 4) is 0 Å². The van der Waals surface area contributed by atoms with Gasteiger partial charge in [0.1, 0.15) is 0 Å². The van der Waals surface area contributed by atoms with Gasteiger partial charge < -0.3 is 5.73 Å². The van der Waals surface area contributed by atoms with E-state index in [1.165, 1.54) is 10.9 Å². The lowest BCUT2D eigenvalue weighted by atomic mass is 9.89. The molecule has 80 valence electrons. The summed E-state index contributed by atoms with van der Waals surface area (Å²) in [5, 5.41) is 4.23. The first kappa shape index (κ1) is 11.5. The highest BCUT2D eigenvalue weighted by Gasteiger charge is 2.39. The molecule has 1 rings (SSSR count). The van der Waals surface area contributed by atoms with E-state index in [0.717, 1.165) is 0 Å². The minimum Gasteiger partial charge on any atom is -0.327 e. The fraction of sp³-hybridized carbons (Fsp3) is 0.667. The third-order valence-corrected chi connectivity index (χ3v) is 2.78. The molecule has 1 heterocycles. The van der Waals surface area contributed by atoms with Crippen molar-refractivity contribution in [2.24, 2.45) is 18.7 Å². The molecule has 0 spiro atoms. The number of nitrogens with two attached hydrogens (primary N) is 1. The maximum Gasteiger partial charge on any atom is 0.168 e. The minimum absolute atomic E-state index is 0.0933. The highest BCUT2D eigenvalue weighted by atomic mass is 35.5. The summed E-state index contributed by atoms with van der Waals surface area (Å²) in [7, 11) is 1.66. The molecule has 0 saturated carbocycles. The van der Waals surface area contributed by atoms with E-state index in [2.05, 4.69) is 5.10 Å². The third-order valence-electron chi connectivity index (χ3n) is 2.50. The molecule has 1 aromatic rings. The summed E-state index contributed by atoms with van der Waals surface area (Å²) in [6.07, 6.45) is 1.43. The van der Waals surface area contributed by atoms with Crippen LogP contribution in [-0.2, 0) is 12.7 Å². The van der Waals surface area contributed by atoms with Gasteiger partial charge in [0, 0.05) is 13.6 Å². The molecule has 0 aliphatic heterocycles. The number of hydrogen-bond donors (Lipinski definition) is 1. The standard InChI is InChI=1S/C9H15ClFN3/c1-6(2)9(11,5-12)8-7(10)4-13-14(8)3/h4,6H,5,12H2,1-3H3. The molecule has 2 N–H and O–H groups in total. The van der Waals surface area contributed by atoms with Gasteiger partial charge in [-0.3, -0.25) is 4.68 Å². The minimum atomic E-state index is -1.61. The number of hydrogen-bond acceptors (Lipinski definition) is 2. The van der Waals surface area contributed by atoms with Crippen LogP contribution in [0.25, 0.3) is 0 Å². The van der Waals surface area contributed by atoms with Crippen molar-refractivity contribution in [2.45, 2.75) is 19.5 Å². The van der Waals surface area contributed by atoms with E-state index >= 15 is 0 Å². The van der Waals surface area contributed by atoms with Crippen LogP contribution in [0.3, 0.4) is 0 Å². The van der Waals surface area contributed by atoms with Crippen LogP contribution in [0.5, 0.6) is 0 Å². The van der Waals surface area contributed by atoms with Crippen molar-refractivity contribution < 1.29 is 4.39 Å². The van der Waals surface area contributed by atoms with E-state index < -0.39 is 5.67 Å². The van der Waals surface area contributed by atoms with Crippen LogP contribution in [0, 0.1) is 5.92 Å². The fourth-order valence-corrected chi connectivity index (χ4v) is 1.81. The molecular weight excluding hydrogens is 205 g/mol. The van der Waals surface area contributed by atoms with Crippen LogP contribution in [-0.4, -0.2) is 16.3 Å². The summed E-state index contributed by atoms with van der Waals surface area (Å²) >= 11 is 5.87. The third kappa shape index (κ3) is 1.64. The number of rotatable bonds is 3. The number of nitrogens with zero attached hydrogens (tertiary/aromatic N) is 2. The number of alkyl halides is 1. The topological polar surface area (TPSA) is 43.8 Å². The summed E-state index contributed by atoms with van der Waals surface area (Å²) in [6, 6.07) is 0. The van der Waals surface area contributed by atoms with Gasteiger partial charge in [-0.25, -0.2) is 4.39 Å². The first-order valence-corrected chi connectivity index (χ1v) is 4.88. The van der Waals surface area contributed by atoms with Crippen molar-refractivity contribution in [3.63, 3.8) is 0 Å². The highest BCUT2D eigenvalue weighted by Crippen LogP contribution is 2.36. The molecule has 5 heteroatoms. The maximum absolute atomic E-state index is 14.5. The molecule has 3 nitrogen and oxygen atoms in total. The largest absolute Gasteiger partial charge is 0.327 e. The van der Waals surface area contributed by atoms with Crippen LogP contribution in [0.15, 0.2) is 6.20 Å². The Labute approximate surface area is 88.0 Å². The molecule has 0 amide bonds. The Kier molecular flexibility index (Phi) is 3.17. The van der Waals surface area contributed by atoms with Crippen LogP contribution >= 0.6 is 11.6 Å². The van der Waals surface area contributed by atoms with Gasteiger partial charge in [0.05, 0.1) is 16.9 Å². The molecule has 0 aliphatic carbocycles. The molecule has 1 atom stereocenters. The molecular formula is C9H15ClFN3. The molecule has 0 aliphatic rings. The lowest BCUT2D eigenvalue weighted by Gasteiger charge is -2.28. The Balaban J connectivity index is 3.25. The van der Waals surface area contributed by atoms with Crippen molar-refractivity contribution in [1.82, 2.24) is 9.78 Å². The maximum atomic E-state index is 14.5. The van der Waals surface area contributed by atoms with Crippen LogP contribution in [0.2, 0.25) is 5.02 Å². The summed E-state index contributed by atoms with van der Waals surface area (Å²) < 4.78 is 15.9. The normalized spacial score (nSPS) is 15.9. The van der Waals surface area contributed by atoms with Gasteiger partial charge in [-0.2, -0.15) is 5.10 Å². The van der Waals surface area contributed by atoms with Gasteiger partial charge in [0.15, 0.2) is 5.67 Å². The van der Waals surface area contributed by atoms with Crippen LogP contribution < -0.4 is 5.73 Å². The molecule has 0 radical (unpaired) electrons. The lowest BCUT2D eigenvalue weighted by molar-refractivity contribution is 0.0987. The van der Waals surface area contributed by atoms with E-state index in [4.69, 9.17) is 17.3 Å². The van der Waals surface area contributed by atoms with E-state index in [1.807, 2.05) is 0 Å². The SMILES string of the molecule is CC(C)C(F)(CN)c1c(Cl)cnn1C. The Morgan fingerprint density at radius 1 is 1.71 bits per heavy atom. The van der Waals surface area contributed by atoms with E-state index in [0.29, 0.717) is 10.7 Å². The molecule has 0 aromatic carbocycles.